The Morgan fingerprint density at radius 2 is 2.12 bits per heavy atom. The summed E-state index contributed by atoms with van der Waals surface area (Å²) in [5.41, 5.74) is 0.483. The SMILES string of the molecule is COC1CC(=O)N(c2ccc(N3C[C@H](CNC(C)=O)OC3=O)cc2F)C1. The summed E-state index contributed by atoms with van der Waals surface area (Å²) in [6.07, 6.45) is -1.16. The maximum Gasteiger partial charge on any atom is 0.414 e. The Balaban J connectivity index is 1.73. The fourth-order valence-electron chi connectivity index (χ4n) is 3.04. The van der Waals surface area contributed by atoms with Gasteiger partial charge in [-0.05, 0) is 18.2 Å². The maximum absolute atomic E-state index is 14.6. The van der Waals surface area contributed by atoms with E-state index in [0.29, 0.717) is 5.69 Å². The molecule has 0 radical (unpaired) electrons. The lowest BCUT2D eigenvalue weighted by molar-refractivity contribution is -0.119. The van der Waals surface area contributed by atoms with Crippen LogP contribution in [0.5, 0.6) is 0 Å². The van der Waals surface area contributed by atoms with Crippen molar-refractivity contribution >= 4 is 29.3 Å². The maximum atomic E-state index is 14.6. The highest BCUT2D eigenvalue weighted by Crippen LogP contribution is 2.30. The quantitative estimate of drug-likeness (QED) is 0.842. The monoisotopic (exact) mass is 365 g/mol. The van der Waals surface area contributed by atoms with Crippen molar-refractivity contribution < 1.29 is 28.2 Å². The van der Waals surface area contributed by atoms with Crippen LogP contribution in [0.25, 0.3) is 0 Å². The number of nitrogens with one attached hydrogen (secondary N) is 1. The van der Waals surface area contributed by atoms with Gasteiger partial charge < -0.3 is 19.7 Å². The molecule has 0 saturated carbocycles. The molecule has 1 N–H and O–H groups in total. The predicted octanol–water partition coefficient (Wildman–Crippen LogP) is 1.04. The summed E-state index contributed by atoms with van der Waals surface area (Å²) in [5.74, 6) is -1.04. The zero-order valence-corrected chi connectivity index (χ0v) is 14.5. The Hall–Kier alpha value is -2.68. The normalized spacial score (nSPS) is 22.7. The topological polar surface area (TPSA) is 88.2 Å². The van der Waals surface area contributed by atoms with E-state index in [1.54, 1.807) is 6.07 Å². The Labute approximate surface area is 149 Å². The number of amides is 3. The summed E-state index contributed by atoms with van der Waals surface area (Å²) in [6, 6.07) is 4.23. The lowest BCUT2D eigenvalue weighted by Crippen LogP contribution is -2.33. The summed E-state index contributed by atoms with van der Waals surface area (Å²) in [5, 5.41) is 2.58. The molecule has 0 aromatic heterocycles. The minimum absolute atomic E-state index is 0.153. The van der Waals surface area contributed by atoms with E-state index in [-0.39, 0.29) is 49.7 Å². The molecule has 0 bridgehead atoms. The number of cyclic esters (lactones) is 1. The summed E-state index contributed by atoms with van der Waals surface area (Å²) in [6.45, 7) is 2.05. The number of carbonyl (C=O) groups is 3. The van der Waals surface area contributed by atoms with Crippen LogP contribution in [0.3, 0.4) is 0 Å². The molecule has 3 rings (SSSR count). The van der Waals surface area contributed by atoms with Crippen molar-refractivity contribution in [1.29, 1.82) is 0 Å². The van der Waals surface area contributed by atoms with Crippen LogP contribution in [0.2, 0.25) is 0 Å². The fourth-order valence-corrected chi connectivity index (χ4v) is 3.04. The number of carbonyl (C=O) groups excluding carboxylic acids is 3. The first-order valence-corrected chi connectivity index (χ1v) is 8.24. The number of rotatable bonds is 5. The molecule has 26 heavy (non-hydrogen) atoms. The number of halogens is 1. The van der Waals surface area contributed by atoms with Gasteiger partial charge in [-0.25, -0.2) is 9.18 Å². The summed E-state index contributed by atoms with van der Waals surface area (Å²) in [4.78, 5) is 37.6. The predicted molar refractivity (Wildman–Crippen MR) is 90.5 cm³/mol. The number of nitrogens with zero attached hydrogens (tertiary/aromatic N) is 2. The molecule has 2 aliphatic rings. The van der Waals surface area contributed by atoms with E-state index >= 15 is 0 Å². The number of ether oxygens (including phenoxy) is 2. The van der Waals surface area contributed by atoms with Gasteiger partial charge in [0.05, 0.1) is 43.5 Å². The van der Waals surface area contributed by atoms with Crippen LogP contribution in [0.15, 0.2) is 18.2 Å². The van der Waals surface area contributed by atoms with E-state index in [9.17, 15) is 18.8 Å². The van der Waals surface area contributed by atoms with E-state index in [1.165, 1.54) is 36.0 Å². The molecule has 2 fully saturated rings. The standard InChI is InChI=1S/C17H20FN3O5/c1-10(22)19-7-13-9-20(17(24)26-13)11-3-4-15(14(18)5-11)21-8-12(25-2)6-16(21)23/h3-5,12-13H,6-9H2,1-2H3,(H,19,22)/t12?,13-/m0/s1. The van der Waals surface area contributed by atoms with E-state index < -0.39 is 18.0 Å². The second-order valence-corrected chi connectivity index (χ2v) is 6.26. The second kappa shape index (κ2) is 7.28. The summed E-state index contributed by atoms with van der Waals surface area (Å²) >= 11 is 0. The smallest absolute Gasteiger partial charge is 0.414 e. The van der Waals surface area contributed by atoms with Crippen LogP contribution in [-0.2, 0) is 19.1 Å². The van der Waals surface area contributed by atoms with Gasteiger partial charge >= 0.3 is 6.09 Å². The second-order valence-electron chi connectivity index (χ2n) is 6.26. The molecule has 2 heterocycles. The van der Waals surface area contributed by atoms with Crippen LogP contribution in [-0.4, -0.2) is 56.9 Å². The molecule has 1 aromatic rings. The molecule has 9 heteroatoms. The first-order chi connectivity index (χ1) is 12.4. The fraction of sp³-hybridized carbons (Fsp3) is 0.471. The van der Waals surface area contributed by atoms with Gasteiger partial charge in [-0.15, -0.1) is 0 Å². The Morgan fingerprint density at radius 3 is 2.73 bits per heavy atom. The van der Waals surface area contributed by atoms with Crippen LogP contribution < -0.4 is 15.1 Å². The molecule has 2 aliphatic heterocycles. The summed E-state index contributed by atoms with van der Waals surface area (Å²) in [7, 11) is 1.51. The van der Waals surface area contributed by atoms with Gasteiger partial charge in [0.15, 0.2) is 0 Å². The molecule has 0 spiro atoms. The van der Waals surface area contributed by atoms with Crippen molar-refractivity contribution in [3.05, 3.63) is 24.0 Å². The third kappa shape index (κ3) is 3.62. The van der Waals surface area contributed by atoms with Crippen LogP contribution >= 0.6 is 0 Å². The van der Waals surface area contributed by atoms with Crippen molar-refractivity contribution in [1.82, 2.24) is 5.32 Å². The molecule has 2 atom stereocenters. The highest BCUT2D eigenvalue weighted by atomic mass is 19.1. The first-order valence-electron chi connectivity index (χ1n) is 8.24. The average Bonchev–Trinajstić information content (AvgIpc) is 3.15. The van der Waals surface area contributed by atoms with Gasteiger partial charge in [-0.3, -0.25) is 14.5 Å². The van der Waals surface area contributed by atoms with Crippen LogP contribution in [0, 0.1) is 5.82 Å². The van der Waals surface area contributed by atoms with Crippen molar-refractivity contribution in [3.8, 4) is 0 Å². The minimum Gasteiger partial charge on any atom is -0.442 e. The van der Waals surface area contributed by atoms with Crippen LogP contribution in [0.1, 0.15) is 13.3 Å². The Bertz CT molecular complexity index is 741. The van der Waals surface area contributed by atoms with Crippen molar-refractivity contribution in [3.63, 3.8) is 0 Å². The third-order valence-electron chi connectivity index (χ3n) is 4.41. The molecule has 8 nitrogen and oxygen atoms in total. The third-order valence-corrected chi connectivity index (χ3v) is 4.41. The molecule has 2 saturated heterocycles. The molecule has 140 valence electrons. The van der Waals surface area contributed by atoms with Crippen molar-refractivity contribution in [2.45, 2.75) is 25.6 Å². The average molecular weight is 365 g/mol. The molecular weight excluding hydrogens is 345 g/mol. The molecule has 0 aliphatic carbocycles. The number of anilines is 2. The van der Waals surface area contributed by atoms with Crippen molar-refractivity contribution in [2.75, 3.05) is 36.5 Å². The zero-order chi connectivity index (χ0) is 18.8. The first kappa shape index (κ1) is 18.1. The number of hydrogen-bond donors (Lipinski definition) is 1. The Kier molecular flexibility index (Phi) is 5.08. The highest BCUT2D eigenvalue weighted by Gasteiger charge is 2.35. The number of benzene rings is 1. The Morgan fingerprint density at radius 1 is 1.35 bits per heavy atom. The minimum atomic E-state index is -0.607. The molecule has 1 unspecified atom stereocenters. The zero-order valence-electron chi connectivity index (χ0n) is 14.5. The van der Waals surface area contributed by atoms with Gasteiger partial charge in [-0.2, -0.15) is 0 Å². The van der Waals surface area contributed by atoms with Gasteiger partial charge in [0.25, 0.3) is 0 Å². The van der Waals surface area contributed by atoms with E-state index in [4.69, 9.17) is 9.47 Å². The van der Waals surface area contributed by atoms with E-state index in [0.717, 1.165) is 0 Å². The number of methoxy groups -OCH3 is 1. The van der Waals surface area contributed by atoms with Crippen LogP contribution in [0.4, 0.5) is 20.6 Å². The van der Waals surface area contributed by atoms with Gasteiger partial charge in [0, 0.05) is 14.0 Å². The van der Waals surface area contributed by atoms with E-state index in [1.807, 2.05) is 0 Å². The van der Waals surface area contributed by atoms with Gasteiger partial charge in [0.2, 0.25) is 11.8 Å². The molecule has 3 amide bonds. The molecule has 1 aromatic carbocycles. The lowest BCUT2D eigenvalue weighted by atomic mass is 10.2. The summed E-state index contributed by atoms with van der Waals surface area (Å²) < 4.78 is 24.9. The van der Waals surface area contributed by atoms with Crippen molar-refractivity contribution in [2.24, 2.45) is 0 Å². The largest absolute Gasteiger partial charge is 0.442 e. The van der Waals surface area contributed by atoms with Gasteiger partial charge in [-0.1, -0.05) is 0 Å². The van der Waals surface area contributed by atoms with Gasteiger partial charge in [0.1, 0.15) is 11.9 Å². The highest BCUT2D eigenvalue weighted by molar-refractivity contribution is 5.97. The lowest BCUT2D eigenvalue weighted by Gasteiger charge is -2.19. The van der Waals surface area contributed by atoms with E-state index in [2.05, 4.69) is 5.32 Å². The number of hydrogen-bond acceptors (Lipinski definition) is 5. The molecular formula is C17H20FN3O5.